The summed E-state index contributed by atoms with van der Waals surface area (Å²) in [6.45, 7) is 3.58. The Bertz CT molecular complexity index is 551. The number of nitrogens with zero attached hydrogens (tertiary/aromatic N) is 1. The molecule has 1 fully saturated rings. The normalized spacial score (nSPS) is 18.6. The first-order chi connectivity index (χ1) is 9.45. The van der Waals surface area contributed by atoms with Gasteiger partial charge in [-0.1, -0.05) is 15.9 Å². The Morgan fingerprint density at radius 2 is 2.10 bits per heavy atom. The van der Waals surface area contributed by atoms with Gasteiger partial charge in [0.15, 0.2) is 0 Å². The van der Waals surface area contributed by atoms with Gasteiger partial charge in [-0.15, -0.1) is 11.3 Å². The number of thiophene rings is 1. The Kier molecular flexibility index (Phi) is 6.08. The van der Waals surface area contributed by atoms with Crippen LogP contribution in [0.15, 0.2) is 14.7 Å². The average molecular weight is 447 g/mol. The molecule has 0 aliphatic carbocycles. The van der Waals surface area contributed by atoms with E-state index in [0.29, 0.717) is 24.6 Å². The number of hydrogen-bond donors (Lipinski definition) is 0. The highest BCUT2D eigenvalue weighted by molar-refractivity contribution is 9.11. The molecule has 0 radical (unpaired) electrons. The van der Waals surface area contributed by atoms with Crippen LogP contribution in [0.4, 0.5) is 0 Å². The van der Waals surface area contributed by atoms with E-state index < -0.39 is 10.0 Å². The highest BCUT2D eigenvalue weighted by Crippen LogP contribution is 2.32. The Morgan fingerprint density at radius 3 is 2.60 bits per heavy atom. The van der Waals surface area contributed by atoms with Crippen LogP contribution in [-0.4, -0.2) is 43.9 Å². The lowest BCUT2D eigenvalue weighted by Crippen LogP contribution is -2.41. The molecule has 0 unspecified atom stereocenters. The van der Waals surface area contributed by atoms with E-state index in [9.17, 15) is 8.42 Å². The molecule has 1 aromatic heterocycles. The molecule has 1 saturated heterocycles. The Morgan fingerprint density at radius 1 is 1.45 bits per heavy atom. The van der Waals surface area contributed by atoms with E-state index in [0.717, 1.165) is 26.8 Å². The van der Waals surface area contributed by atoms with Crippen LogP contribution in [0.1, 0.15) is 17.7 Å². The van der Waals surface area contributed by atoms with Crippen molar-refractivity contribution < 1.29 is 13.2 Å². The largest absolute Gasteiger partial charge is 0.377 e. The molecule has 2 rings (SSSR count). The summed E-state index contributed by atoms with van der Waals surface area (Å²) in [5.74, 6) is 0. The Balaban J connectivity index is 2.04. The molecule has 1 aromatic rings. The number of ether oxygens (including phenoxy) is 1. The van der Waals surface area contributed by atoms with Crippen LogP contribution in [0.5, 0.6) is 0 Å². The zero-order valence-corrected chi connectivity index (χ0v) is 15.9. The fourth-order valence-electron chi connectivity index (χ4n) is 2.28. The van der Waals surface area contributed by atoms with Crippen molar-refractivity contribution in [3.8, 4) is 0 Å². The molecule has 0 spiro atoms. The monoisotopic (exact) mass is 445 g/mol. The summed E-state index contributed by atoms with van der Waals surface area (Å²) < 4.78 is 33.3. The van der Waals surface area contributed by atoms with Gasteiger partial charge >= 0.3 is 0 Å². The zero-order valence-electron chi connectivity index (χ0n) is 11.1. The van der Waals surface area contributed by atoms with E-state index in [1.165, 1.54) is 11.3 Å². The maximum absolute atomic E-state index is 12.6. The van der Waals surface area contributed by atoms with Crippen LogP contribution in [0.3, 0.4) is 0 Å². The molecule has 8 heteroatoms. The smallest absolute Gasteiger partial charge is 0.244 e. The van der Waals surface area contributed by atoms with Gasteiger partial charge in [-0.05, 0) is 41.8 Å². The van der Waals surface area contributed by atoms with E-state index in [1.54, 1.807) is 10.4 Å². The van der Waals surface area contributed by atoms with Crippen molar-refractivity contribution in [2.24, 2.45) is 0 Å². The van der Waals surface area contributed by atoms with E-state index >= 15 is 0 Å². The molecule has 0 saturated carbocycles. The molecular weight excluding hydrogens is 430 g/mol. The minimum absolute atomic E-state index is 0.175. The topological polar surface area (TPSA) is 46.6 Å². The van der Waals surface area contributed by atoms with E-state index in [1.807, 2.05) is 6.92 Å². The number of rotatable bonds is 5. The number of sulfonamides is 1. The molecule has 4 nitrogen and oxygen atoms in total. The van der Waals surface area contributed by atoms with Gasteiger partial charge in [-0.25, -0.2) is 8.42 Å². The molecule has 1 aliphatic heterocycles. The molecule has 0 atom stereocenters. The average Bonchev–Trinajstić information content (AvgIpc) is 2.76. The summed E-state index contributed by atoms with van der Waals surface area (Å²) in [4.78, 5) is 1.25. The van der Waals surface area contributed by atoms with Crippen molar-refractivity contribution in [1.82, 2.24) is 4.31 Å². The summed E-state index contributed by atoms with van der Waals surface area (Å²) in [5.41, 5.74) is 0. The van der Waals surface area contributed by atoms with Crippen molar-refractivity contribution in [2.45, 2.75) is 30.8 Å². The van der Waals surface area contributed by atoms with Crippen molar-refractivity contribution in [2.75, 3.05) is 25.0 Å². The Hall–Kier alpha value is 0.530. The lowest BCUT2D eigenvalue weighted by atomic mass is 10.1. The molecule has 2 heterocycles. The molecule has 114 valence electrons. The summed E-state index contributed by atoms with van der Waals surface area (Å²) in [6, 6.07) is 1.70. The van der Waals surface area contributed by atoms with Gasteiger partial charge in [0.1, 0.15) is 0 Å². The fourth-order valence-corrected chi connectivity index (χ4v) is 6.32. The van der Waals surface area contributed by atoms with E-state index in [4.69, 9.17) is 4.74 Å². The molecule has 20 heavy (non-hydrogen) atoms. The maximum Gasteiger partial charge on any atom is 0.244 e. The third-order valence-corrected chi connectivity index (χ3v) is 7.32. The Labute approximate surface area is 140 Å². The second kappa shape index (κ2) is 7.19. The summed E-state index contributed by atoms with van der Waals surface area (Å²) >= 11 is 8.13. The quantitative estimate of drug-likeness (QED) is 0.651. The highest BCUT2D eigenvalue weighted by Gasteiger charge is 2.31. The number of hydrogen-bond acceptors (Lipinski definition) is 4. The molecule has 0 bridgehead atoms. The van der Waals surface area contributed by atoms with Gasteiger partial charge in [-0.3, -0.25) is 0 Å². The van der Waals surface area contributed by atoms with Crippen LogP contribution < -0.4 is 0 Å². The predicted molar refractivity (Wildman–Crippen MR) is 88.3 cm³/mol. The van der Waals surface area contributed by atoms with E-state index in [-0.39, 0.29) is 6.10 Å². The first-order valence-corrected chi connectivity index (χ1v) is 10.6. The van der Waals surface area contributed by atoms with Gasteiger partial charge in [0.2, 0.25) is 10.0 Å². The predicted octanol–water partition coefficient (Wildman–Crippen LogP) is 3.38. The number of piperidine rings is 1. The third-order valence-electron chi connectivity index (χ3n) is 3.29. The van der Waals surface area contributed by atoms with E-state index in [2.05, 4.69) is 31.9 Å². The summed E-state index contributed by atoms with van der Waals surface area (Å²) in [6.07, 6.45) is 1.70. The SMILES string of the molecule is Cc1sc(Br)cc1S(=O)(=O)N1CCC(OCCBr)CC1. The van der Waals surface area contributed by atoms with Crippen molar-refractivity contribution in [3.63, 3.8) is 0 Å². The third kappa shape index (κ3) is 3.84. The van der Waals surface area contributed by atoms with Gasteiger partial charge in [0.25, 0.3) is 0 Å². The van der Waals surface area contributed by atoms with Crippen LogP contribution in [0.25, 0.3) is 0 Å². The minimum Gasteiger partial charge on any atom is -0.377 e. The van der Waals surface area contributed by atoms with Crippen LogP contribution >= 0.6 is 43.2 Å². The molecule has 0 N–H and O–H groups in total. The molecule has 0 amide bonds. The minimum atomic E-state index is -3.37. The number of alkyl halides is 1. The number of aryl methyl sites for hydroxylation is 1. The van der Waals surface area contributed by atoms with Gasteiger partial charge in [0, 0.05) is 23.3 Å². The molecular formula is C12H17Br2NO3S2. The number of halogens is 2. The lowest BCUT2D eigenvalue weighted by Gasteiger charge is -2.31. The zero-order chi connectivity index (χ0) is 14.8. The summed E-state index contributed by atoms with van der Waals surface area (Å²) in [5, 5.41) is 0.813. The van der Waals surface area contributed by atoms with Gasteiger partial charge in [-0.2, -0.15) is 4.31 Å². The molecule has 1 aliphatic rings. The standard InChI is InChI=1S/C12H17Br2NO3S2/c1-9-11(8-12(14)19-9)20(16,17)15-5-2-10(3-6-15)18-7-4-13/h8,10H,2-7H2,1H3. The maximum atomic E-state index is 12.6. The van der Waals surface area contributed by atoms with Crippen molar-refractivity contribution >= 4 is 53.2 Å². The van der Waals surface area contributed by atoms with Crippen molar-refractivity contribution in [3.05, 3.63) is 14.7 Å². The molecule has 0 aromatic carbocycles. The second-order valence-electron chi connectivity index (χ2n) is 4.63. The lowest BCUT2D eigenvalue weighted by molar-refractivity contribution is 0.0309. The first-order valence-electron chi connectivity index (χ1n) is 6.39. The van der Waals surface area contributed by atoms with Gasteiger partial charge in [0.05, 0.1) is 21.4 Å². The van der Waals surface area contributed by atoms with Gasteiger partial charge < -0.3 is 4.74 Å². The fraction of sp³-hybridized carbons (Fsp3) is 0.667. The van der Waals surface area contributed by atoms with Crippen LogP contribution in [0.2, 0.25) is 0 Å². The van der Waals surface area contributed by atoms with Crippen LogP contribution in [0, 0.1) is 6.92 Å². The summed E-state index contributed by atoms with van der Waals surface area (Å²) in [7, 11) is -3.37. The highest BCUT2D eigenvalue weighted by atomic mass is 79.9. The first kappa shape index (κ1) is 16.9. The second-order valence-corrected chi connectivity index (χ2v) is 9.97. The van der Waals surface area contributed by atoms with Crippen LogP contribution in [-0.2, 0) is 14.8 Å². The van der Waals surface area contributed by atoms with Crippen molar-refractivity contribution in [1.29, 1.82) is 0 Å².